The fraction of sp³-hybridized carbons (Fsp3) is 0.933. The van der Waals surface area contributed by atoms with Crippen molar-refractivity contribution in [3.05, 3.63) is 0 Å². The van der Waals surface area contributed by atoms with Gasteiger partial charge in [-0.3, -0.25) is 4.79 Å². The van der Waals surface area contributed by atoms with Crippen molar-refractivity contribution in [2.24, 2.45) is 5.92 Å². The highest BCUT2D eigenvalue weighted by Crippen LogP contribution is 2.28. The molecule has 0 aromatic carbocycles. The molecule has 1 aliphatic carbocycles. The van der Waals surface area contributed by atoms with E-state index < -0.39 is 5.60 Å². The van der Waals surface area contributed by atoms with Crippen molar-refractivity contribution in [1.82, 2.24) is 9.80 Å². The molecule has 1 saturated heterocycles. The van der Waals surface area contributed by atoms with Crippen LogP contribution in [0.5, 0.6) is 0 Å². The second-order valence-corrected chi connectivity index (χ2v) is 6.63. The van der Waals surface area contributed by atoms with E-state index in [4.69, 9.17) is 0 Å². The van der Waals surface area contributed by atoms with Crippen LogP contribution in [-0.2, 0) is 4.79 Å². The maximum Gasteiger partial charge on any atom is 0.255 e. The fourth-order valence-corrected chi connectivity index (χ4v) is 3.59. The summed E-state index contributed by atoms with van der Waals surface area (Å²) >= 11 is 0. The summed E-state index contributed by atoms with van der Waals surface area (Å²) in [6, 6.07) is 0. The molecule has 4 heteroatoms. The Kier molecular flexibility index (Phi) is 4.85. The van der Waals surface area contributed by atoms with Crippen LogP contribution < -0.4 is 0 Å². The number of likely N-dealkylation sites (tertiary alicyclic amines) is 1. The van der Waals surface area contributed by atoms with E-state index in [1.165, 1.54) is 32.1 Å². The Labute approximate surface area is 116 Å². The van der Waals surface area contributed by atoms with E-state index in [1.54, 1.807) is 0 Å². The normalized spacial score (nSPS) is 30.1. The molecule has 0 unspecified atom stereocenters. The Morgan fingerprint density at radius 3 is 2.58 bits per heavy atom. The number of carbonyl (C=O) groups is 1. The first-order chi connectivity index (χ1) is 9.01. The molecule has 2 rings (SSSR count). The standard InChI is InChI=1S/C15H28N2O2/c1-16(2)12-15(19)9-6-10-17(14(15)18)11-13-7-4-3-5-8-13/h13,19H,3-12H2,1-2H3/t15-/m0/s1. The van der Waals surface area contributed by atoms with E-state index in [-0.39, 0.29) is 5.91 Å². The minimum atomic E-state index is -1.16. The first-order valence-corrected chi connectivity index (χ1v) is 7.68. The van der Waals surface area contributed by atoms with Crippen molar-refractivity contribution in [1.29, 1.82) is 0 Å². The van der Waals surface area contributed by atoms with Crippen LogP contribution in [0, 0.1) is 5.92 Å². The van der Waals surface area contributed by atoms with Crippen LogP contribution in [0.4, 0.5) is 0 Å². The van der Waals surface area contributed by atoms with E-state index in [0.29, 0.717) is 18.9 Å². The molecule has 1 amide bonds. The fourth-order valence-electron chi connectivity index (χ4n) is 3.59. The molecule has 2 aliphatic rings. The molecule has 0 spiro atoms. The predicted octanol–water partition coefficient (Wildman–Crippen LogP) is 1.48. The molecule has 0 bridgehead atoms. The molecule has 1 heterocycles. The van der Waals surface area contributed by atoms with Gasteiger partial charge in [0.25, 0.3) is 5.91 Å². The smallest absolute Gasteiger partial charge is 0.255 e. The average molecular weight is 268 g/mol. The lowest BCUT2D eigenvalue weighted by atomic mass is 9.86. The molecule has 2 fully saturated rings. The molecular weight excluding hydrogens is 240 g/mol. The summed E-state index contributed by atoms with van der Waals surface area (Å²) in [6.45, 7) is 2.12. The Balaban J connectivity index is 1.95. The van der Waals surface area contributed by atoms with E-state index in [2.05, 4.69) is 0 Å². The van der Waals surface area contributed by atoms with E-state index >= 15 is 0 Å². The summed E-state index contributed by atoms with van der Waals surface area (Å²) in [5, 5.41) is 10.6. The van der Waals surface area contributed by atoms with E-state index in [9.17, 15) is 9.90 Å². The summed E-state index contributed by atoms with van der Waals surface area (Å²) in [6.07, 6.45) is 7.96. The van der Waals surface area contributed by atoms with Gasteiger partial charge in [-0.25, -0.2) is 0 Å². The van der Waals surface area contributed by atoms with Crippen molar-refractivity contribution < 1.29 is 9.90 Å². The number of likely N-dealkylation sites (N-methyl/N-ethyl adjacent to an activating group) is 1. The zero-order valence-electron chi connectivity index (χ0n) is 12.4. The highest BCUT2D eigenvalue weighted by Gasteiger charge is 2.42. The highest BCUT2D eigenvalue weighted by molar-refractivity contribution is 5.86. The molecule has 19 heavy (non-hydrogen) atoms. The van der Waals surface area contributed by atoms with Crippen molar-refractivity contribution in [3.8, 4) is 0 Å². The lowest BCUT2D eigenvalue weighted by Gasteiger charge is -2.41. The number of nitrogens with zero attached hydrogens (tertiary/aromatic N) is 2. The molecule has 4 nitrogen and oxygen atoms in total. The van der Waals surface area contributed by atoms with Gasteiger partial charge in [-0.05, 0) is 45.7 Å². The number of aliphatic hydroxyl groups is 1. The average Bonchev–Trinajstić information content (AvgIpc) is 2.36. The molecule has 0 aromatic heterocycles. The van der Waals surface area contributed by atoms with Gasteiger partial charge < -0.3 is 14.9 Å². The molecule has 1 aliphatic heterocycles. The van der Waals surface area contributed by atoms with Crippen LogP contribution in [-0.4, -0.2) is 60.1 Å². The SMILES string of the molecule is CN(C)C[C@@]1(O)CCCN(CC2CCCCC2)C1=O. The Bertz CT molecular complexity index is 313. The number of carbonyl (C=O) groups excluding carboxylic acids is 1. The van der Waals surface area contributed by atoms with Crippen molar-refractivity contribution in [2.75, 3.05) is 33.7 Å². The number of piperidine rings is 1. The lowest BCUT2D eigenvalue weighted by molar-refractivity contribution is -0.159. The van der Waals surface area contributed by atoms with Crippen LogP contribution in [0.15, 0.2) is 0 Å². The van der Waals surface area contributed by atoms with Gasteiger partial charge in [-0.1, -0.05) is 19.3 Å². The second-order valence-electron chi connectivity index (χ2n) is 6.63. The molecular formula is C15H28N2O2. The Morgan fingerprint density at radius 1 is 1.26 bits per heavy atom. The summed E-state index contributed by atoms with van der Waals surface area (Å²) in [7, 11) is 3.82. The Hall–Kier alpha value is -0.610. The number of hydrogen-bond acceptors (Lipinski definition) is 3. The predicted molar refractivity (Wildman–Crippen MR) is 75.9 cm³/mol. The molecule has 1 atom stereocenters. The first kappa shape index (κ1) is 14.8. The topological polar surface area (TPSA) is 43.8 Å². The summed E-state index contributed by atoms with van der Waals surface area (Å²) in [5.74, 6) is 0.609. The van der Waals surface area contributed by atoms with Crippen molar-refractivity contribution in [2.45, 2.75) is 50.5 Å². The van der Waals surface area contributed by atoms with Crippen LogP contribution in [0.2, 0.25) is 0 Å². The van der Waals surface area contributed by atoms with Gasteiger partial charge in [0.05, 0.1) is 0 Å². The number of hydrogen-bond donors (Lipinski definition) is 1. The third-order valence-corrected chi connectivity index (χ3v) is 4.48. The van der Waals surface area contributed by atoms with Crippen LogP contribution in [0.3, 0.4) is 0 Å². The highest BCUT2D eigenvalue weighted by atomic mass is 16.3. The van der Waals surface area contributed by atoms with Gasteiger partial charge in [-0.15, -0.1) is 0 Å². The minimum absolute atomic E-state index is 0.0435. The Morgan fingerprint density at radius 2 is 1.95 bits per heavy atom. The third kappa shape index (κ3) is 3.69. The minimum Gasteiger partial charge on any atom is -0.379 e. The largest absolute Gasteiger partial charge is 0.379 e. The van der Waals surface area contributed by atoms with Gasteiger partial charge in [0.1, 0.15) is 0 Å². The summed E-state index contributed by atoms with van der Waals surface area (Å²) in [4.78, 5) is 16.3. The molecule has 0 aromatic rings. The zero-order valence-corrected chi connectivity index (χ0v) is 12.4. The summed E-state index contributed by atoms with van der Waals surface area (Å²) < 4.78 is 0. The van der Waals surface area contributed by atoms with Crippen molar-refractivity contribution >= 4 is 5.91 Å². The monoisotopic (exact) mass is 268 g/mol. The molecule has 1 saturated carbocycles. The van der Waals surface area contributed by atoms with E-state index in [0.717, 1.165) is 19.5 Å². The summed E-state index contributed by atoms with van der Waals surface area (Å²) in [5.41, 5.74) is -1.16. The van der Waals surface area contributed by atoms with Crippen LogP contribution in [0.1, 0.15) is 44.9 Å². The van der Waals surface area contributed by atoms with Gasteiger partial charge in [0, 0.05) is 19.6 Å². The first-order valence-electron chi connectivity index (χ1n) is 7.68. The van der Waals surface area contributed by atoms with Gasteiger partial charge in [-0.2, -0.15) is 0 Å². The van der Waals surface area contributed by atoms with Crippen molar-refractivity contribution in [3.63, 3.8) is 0 Å². The zero-order chi connectivity index (χ0) is 13.9. The van der Waals surface area contributed by atoms with Crippen LogP contribution >= 0.6 is 0 Å². The molecule has 110 valence electrons. The molecule has 1 N–H and O–H groups in total. The quantitative estimate of drug-likeness (QED) is 0.840. The maximum absolute atomic E-state index is 12.5. The third-order valence-electron chi connectivity index (χ3n) is 4.48. The molecule has 0 radical (unpaired) electrons. The maximum atomic E-state index is 12.5. The van der Waals surface area contributed by atoms with Gasteiger partial charge in [0.2, 0.25) is 0 Å². The van der Waals surface area contributed by atoms with Gasteiger partial charge in [0.15, 0.2) is 5.60 Å². The van der Waals surface area contributed by atoms with Gasteiger partial charge >= 0.3 is 0 Å². The van der Waals surface area contributed by atoms with Crippen LogP contribution in [0.25, 0.3) is 0 Å². The number of rotatable bonds is 4. The second kappa shape index (κ2) is 6.23. The lowest BCUT2D eigenvalue weighted by Crippen LogP contribution is -2.58. The number of amides is 1. The van der Waals surface area contributed by atoms with E-state index in [1.807, 2.05) is 23.9 Å².